The van der Waals surface area contributed by atoms with Crippen LogP contribution >= 0.6 is 0 Å². The third-order valence-electron chi connectivity index (χ3n) is 3.01. The van der Waals surface area contributed by atoms with E-state index in [-0.39, 0.29) is 23.7 Å². The van der Waals surface area contributed by atoms with E-state index in [0.717, 1.165) is 10.5 Å². The van der Waals surface area contributed by atoms with E-state index in [0.29, 0.717) is 6.54 Å². The maximum absolute atomic E-state index is 13.1. The van der Waals surface area contributed by atoms with E-state index < -0.39 is 4.92 Å². The second kappa shape index (κ2) is 6.27. The molecule has 0 saturated heterocycles. The van der Waals surface area contributed by atoms with Gasteiger partial charge in [-0.3, -0.25) is 19.5 Å². The van der Waals surface area contributed by atoms with Crippen LogP contribution in [0.25, 0.3) is 0 Å². The van der Waals surface area contributed by atoms with E-state index in [1.165, 1.54) is 35.0 Å². The molecule has 1 atom stereocenters. The molecule has 1 heterocycles. The lowest BCUT2D eigenvalue weighted by Gasteiger charge is -2.15. The fourth-order valence-corrected chi connectivity index (χ4v) is 2.09. The summed E-state index contributed by atoms with van der Waals surface area (Å²) < 4.78 is 14.4. The summed E-state index contributed by atoms with van der Waals surface area (Å²) in [4.78, 5) is 22.8. The predicted molar refractivity (Wildman–Crippen MR) is 74.3 cm³/mol. The molecule has 7 heteroatoms. The van der Waals surface area contributed by atoms with Crippen molar-refractivity contribution in [2.45, 2.75) is 13.2 Å². The Bertz CT molecular complexity index is 715. The number of benzene rings is 1. The van der Waals surface area contributed by atoms with Crippen molar-refractivity contribution in [1.29, 1.82) is 0 Å². The Labute approximate surface area is 120 Å². The van der Waals surface area contributed by atoms with Crippen LogP contribution in [0.2, 0.25) is 0 Å². The highest BCUT2D eigenvalue weighted by Crippen LogP contribution is 2.05. The molecule has 110 valence electrons. The molecule has 0 spiro atoms. The minimum atomic E-state index is -0.544. The Kier molecular flexibility index (Phi) is 4.44. The molecular weight excluding hydrogens is 277 g/mol. The van der Waals surface area contributed by atoms with Crippen molar-refractivity contribution in [3.8, 4) is 0 Å². The molecule has 0 saturated carbocycles. The second-order valence-electron chi connectivity index (χ2n) is 4.87. The van der Waals surface area contributed by atoms with Crippen molar-refractivity contribution in [2.24, 2.45) is 0 Å². The van der Waals surface area contributed by atoms with Crippen molar-refractivity contribution < 1.29 is 14.2 Å². The topological polar surface area (TPSA) is 69.6 Å². The summed E-state index contributed by atoms with van der Waals surface area (Å²) in [5, 5.41) is 10.7. The maximum Gasteiger partial charge on any atom is 0.285 e. The van der Waals surface area contributed by atoms with Crippen LogP contribution in [-0.2, 0) is 13.2 Å². The van der Waals surface area contributed by atoms with Gasteiger partial charge in [0, 0.05) is 17.7 Å². The van der Waals surface area contributed by atoms with Crippen molar-refractivity contribution in [1.82, 2.24) is 4.57 Å². The third-order valence-corrected chi connectivity index (χ3v) is 3.01. The second-order valence-corrected chi connectivity index (χ2v) is 4.87. The fraction of sp³-hybridized carbons (Fsp3) is 0.214. The normalized spacial score (nSPS) is 12.1. The molecule has 0 amide bonds. The van der Waals surface area contributed by atoms with E-state index in [1.54, 1.807) is 12.1 Å². The van der Waals surface area contributed by atoms with Gasteiger partial charge in [-0.1, -0.05) is 12.1 Å². The summed E-state index contributed by atoms with van der Waals surface area (Å²) in [6.45, 7) is 0.768. The number of aromatic nitrogens is 1. The van der Waals surface area contributed by atoms with Crippen molar-refractivity contribution in [3.05, 3.63) is 74.4 Å². The van der Waals surface area contributed by atoms with Crippen LogP contribution in [0.15, 0.2) is 47.4 Å². The number of nitrogens with one attached hydrogen (secondary N) is 1. The smallest absolute Gasteiger partial charge is 0.285 e. The zero-order chi connectivity index (χ0) is 15.4. The standard InChI is InChI=1S/C14H14FN3O3/c1-16(8-11-3-2-4-12(15)7-11)10-17-9-13(18(20)21)5-6-14(17)19/h2-7,9H,8,10H2,1H3/p+1. The molecule has 2 rings (SSSR count). The average Bonchev–Trinajstić information content (AvgIpc) is 2.41. The molecule has 1 N–H and O–H groups in total. The number of hydrogen-bond acceptors (Lipinski definition) is 3. The zero-order valence-corrected chi connectivity index (χ0v) is 11.5. The molecule has 0 radical (unpaired) electrons. The molecule has 6 nitrogen and oxygen atoms in total. The summed E-state index contributed by atoms with van der Waals surface area (Å²) in [5.41, 5.74) is 0.360. The lowest BCUT2D eigenvalue weighted by Crippen LogP contribution is -3.07. The van der Waals surface area contributed by atoms with Crippen molar-refractivity contribution in [2.75, 3.05) is 7.05 Å². The molecule has 0 fully saturated rings. The van der Waals surface area contributed by atoms with E-state index >= 15 is 0 Å². The van der Waals surface area contributed by atoms with Crippen molar-refractivity contribution >= 4 is 5.69 Å². The number of nitrogens with zero attached hydrogens (tertiary/aromatic N) is 2. The van der Waals surface area contributed by atoms with Crippen molar-refractivity contribution in [3.63, 3.8) is 0 Å². The predicted octanol–water partition coefficient (Wildman–Crippen LogP) is 0.568. The van der Waals surface area contributed by atoms with Crippen LogP contribution in [0.3, 0.4) is 0 Å². The first-order valence-corrected chi connectivity index (χ1v) is 6.36. The number of rotatable bonds is 5. The summed E-state index contributed by atoms with van der Waals surface area (Å²) in [7, 11) is 1.83. The highest BCUT2D eigenvalue weighted by atomic mass is 19.1. The minimum Gasteiger partial charge on any atom is -0.316 e. The molecule has 0 aliphatic rings. The highest BCUT2D eigenvalue weighted by Gasteiger charge is 2.11. The molecule has 1 unspecified atom stereocenters. The minimum absolute atomic E-state index is 0.131. The largest absolute Gasteiger partial charge is 0.316 e. The molecule has 0 bridgehead atoms. The van der Waals surface area contributed by atoms with Crippen LogP contribution in [0.1, 0.15) is 5.56 Å². The summed E-state index contributed by atoms with van der Waals surface area (Å²) in [6.07, 6.45) is 1.22. The highest BCUT2D eigenvalue weighted by molar-refractivity contribution is 5.24. The lowest BCUT2D eigenvalue weighted by atomic mass is 10.2. The summed E-state index contributed by atoms with van der Waals surface area (Å²) in [5.74, 6) is -0.312. The van der Waals surface area contributed by atoms with Crippen LogP contribution in [-0.4, -0.2) is 16.5 Å². The van der Waals surface area contributed by atoms with Gasteiger partial charge in [0.15, 0.2) is 6.67 Å². The molecule has 1 aromatic heterocycles. The maximum atomic E-state index is 13.1. The first-order chi connectivity index (χ1) is 9.95. The number of nitro groups is 1. The number of quaternary nitrogens is 1. The van der Waals surface area contributed by atoms with Crippen LogP contribution < -0.4 is 10.5 Å². The Morgan fingerprint density at radius 3 is 2.76 bits per heavy atom. The molecule has 1 aromatic carbocycles. The molecular formula is C14H15FN3O3+. The van der Waals surface area contributed by atoms with Crippen LogP contribution in [0, 0.1) is 15.9 Å². The summed E-state index contributed by atoms with van der Waals surface area (Å²) >= 11 is 0. The van der Waals surface area contributed by atoms with Gasteiger partial charge in [-0.15, -0.1) is 0 Å². The van der Waals surface area contributed by atoms with Crippen LogP contribution in [0.4, 0.5) is 10.1 Å². The number of hydrogen-bond donors (Lipinski definition) is 1. The van der Waals surface area contributed by atoms with Gasteiger partial charge in [-0.25, -0.2) is 4.39 Å². The third kappa shape index (κ3) is 3.96. The van der Waals surface area contributed by atoms with E-state index in [4.69, 9.17) is 0 Å². The Hall–Kier alpha value is -2.54. The van der Waals surface area contributed by atoms with Gasteiger partial charge in [-0.2, -0.15) is 0 Å². The average molecular weight is 292 g/mol. The van der Waals surface area contributed by atoms with Gasteiger partial charge in [0.05, 0.1) is 18.2 Å². The Morgan fingerprint density at radius 1 is 1.33 bits per heavy atom. The molecule has 21 heavy (non-hydrogen) atoms. The zero-order valence-electron chi connectivity index (χ0n) is 11.5. The van der Waals surface area contributed by atoms with E-state index in [9.17, 15) is 19.3 Å². The molecule has 0 aliphatic carbocycles. The van der Waals surface area contributed by atoms with Gasteiger partial charge in [0.25, 0.3) is 11.2 Å². The van der Waals surface area contributed by atoms with Gasteiger partial charge in [-0.05, 0) is 12.1 Å². The molecule has 0 aliphatic heterocycles. The van der Waals surface area contributed by atoms with Gasteiger partial charge in [0.1, 0.15) is 12.4 Å². The number of halogens is 1. The monoisotopic (exact) mass is 292 g/mol. The quantitative estimate of drug-likeness (QED) is 0.647. The SMILES string of the molecule is C[NH+](Cc1cccc(F)c1)Cn1cc([N+](=O)[O-])ccc1=O. The van der Waals surface area contributed by atoms with Crippen LogP contribution in [0.5, 0.6) is 0 Å². The van der Waals surface area contributed by atoms with Gasteiger partial charge >= 0.3 is 0 Å². The van der Waals surface area contributed by atoms with Gasteiger partial charge < -0.3 is 4.90 Å². The van der Waals surface area contributed by atoms with E-state index in [2.05, 4.69) is 0 Å². The first kappa shape index (κ1) is 14.9. The van der Waals surface area contributed by atoms with Gasteiger partial charge in [0.2, 0.25) is 0 Å². The first-order valence-electron chi connectivity index (χ1n) is 6.36. The van der Waals surface area contributed by atoms with E-state index in [1.807, 2.05) is 7.05 Å². The Balaban J connectivity index is 2.12. The summed E-state index contributed by atoms with van der Waals surface area (Å²) in [6, 6.07) is 8.57. The number of pyridine rings is 1. The Morgan fingerprint density at radius 2 is 2.10 bits per heavy atom. The molecule has 2 aromatic rings. The lowest BCUT2D eigenvalue weighted by molar-refractivity contribution is -0.917. The fourth-order valence-electron chi connectivity index (χ4n) is 2.09.